The Kier molecular flexibility index (Phi) is 2.68. The molecule has 86 valence electrons. The molecule has 15 heavy (non-hydrogen) atoms. The number of nitrogens with zero attached hydrogens (tertiary/aromatic N) is 2. The number of aliphatic hydroxyl groups is 3. The molecular formula is C9H16N2O4. The van der Waals surface area contributed by atoms with Crippen molar-refractivity contribution in [3.63, 3.8) is 0 Å². The van der Waals surface area contributed by atoms with Crippen LogP contribution in [0.3, 0.4) is 0 Å². The molecule has 6 nitrogen and oxygen atoms in total. The van der Waals surface area contributed by atoms with Gasteiger partial charge in [-0.3, -0.25) is 4.99 Å². The van der Waals surface area contributed by atoms with Gasteiger partial charge in [-0.2, -0.15) is 0 Å². The Hall–Kier alpha value is -0.690. The second-order valence-corrected chi connectivity index (χ2v) is 4.14. The summed E-state index contributed by atoms with van der Waals surface area (Å²) in [5.41, 5.74) is -1.39. The average molecular weight is 216 g/mol. The Morgan fingerprint density at radius 3 is 2.87 bits per heavy atom. The Morgan fingerprint density at radius 2 is 2.40 bits per heavy atom. The molecule has 3 N–H and O–H groups in total. The van der Waals surface area contributed by atoms with Crippen LogP contribution in [0.5, 0.6) is 0 Å². The highest BCUT2D eigenvalue weighted by atomic mass is 16.6. The monoisotopic (exact) mass is 216 g/mol. The maximum atomic E-state index is 10.1. The quantitative estimate of drug-likeness (QED) is 0.505. The molecule has 2 rings (SSSR count). The number of ether oxygens (including phenoxy) is 1. The zero-order valence-corrected chi connectivity index (χ0v) is 8.58. The maximum Gasteiger partial charge on any atom is 0.162 e. The van der Waals surface area contributed by atoms with E-state index in [1.165, 1.54) is 6.92 Å². The van der Waals surface area contributed by atoms with Gasteiger partial charge in [-0.25, -0.2) is 0 Å². The van der Waals surface area contributed by atoms with Gasteiger partial charge in [0, 0.05) is 6.54 Å². The molecule has 0 radical (unpaired) electrons. The number of hydrogen-bond donors (Lipinski definition) is 3. The summed E-state index contributed by atoms with van der Waals surface area (Å²) in [5, 5.41) is 28.8. The van der Waals surface area contributed by atoms with Crippen molar-refractivity contribution in [2.75, 3.05) is 19.7 Å². The smallest absolute Gasteiger partial charge is 0.162 e. The van der Waals surface area contributed by atoms with E-state index in [0.717, 1.165) is 0 Å². The van der Waals surface area contributed by atoms with Crippen LogP contribution in [0.1, 0.15) is 6.92 Å². The van der Waals surface area contributed by atoms with Gasteiger partial charge in [-0.05, 0) is 6.92 Å². The molecule has 4 unspecified atom stereocenters. The van der Waals surface area contributed by atoms with Gasteiger partial charge in [-0.15, -0.1) is 0 Å². The number of hydrogen-bond acceptors (Lipinski definition) is 6. The largest absolute Gasteiger partial charge is 0.394 e. The van der Waals surface area contributed by atoms with E-state index in [4.69, 9.17) is 9.84 Å². The van der Waals surface area contributed by atoms with Crippen molar-refractivity contribution in [1.82, 2.24) is 4.90 Å². The van der Waals surface area contributed by atoms with Crippen molar-refractivity contribution in [3.05, 3.63) is 0 Å². The fourth-order valence-electron chi connectivity index (χ4n) is 2.03. The van der Waals surface area contributed by atoms with Gasteiger partial charge in [0.25, 0.3) is 0 Å². The van der Waals surface area contributed by atoms with E-state index in [2.05, 4.69) is 4.99 Å². The van der Waals surface area contributed by atoms with Gasteiger partial charge in [0.2, 0.25) is 0 Å². The van der Waals surface area contributed by atoms with Crippen molar-refractivity contribution >= 4 is 6.34 Å². The molecule has 0 amide bonds. The van der Waals surface area contributed by atoms with Gasteiger partial charge >= 0.3 is 0 Å². The van der Waals surface area contributed by atoms with Crippen LogP contribution in [-0.2, 0) is 4.74 Å². The van der Waals surface area contributed by atoms with Crippen LogP contribution in [0, 0.1) is 0 Å². The molecule has 0 bridgehead atoms. The summed E-state index contributed by atoms with van der Waals surface area (Å²) < 4.78 is 5.41. The van der Waals surface area contributed by atoms with Gasteiger partial charge in [0.05, 0.1) is 19.5 Å². The van der Waals surface area contributed by atoms with E-state index in [0.29, 0.717) is 13.1 Å². The van der Waals surface area contributed by atoms with Crippen molar-refractivity contribution in [1.29, 1.82) is 0 Å². The molecule has 1 saturated heterocycles. The molecule has 2 heterocycles. The first kappa shape index (κ1) is 10.8. The van der Waals surface area contributed by atoms with Crippen LogP contribution in [0.15, 0.2) is 4.99 Å². The lowest BCUT2D eigenvalue weighted by atomic mass is 9.96. The van der Waals surface area contributed by atoms with Gasteiger partial charge < -0.3 is 25.0 Å². The molecule has 2 aliphatic heterocycles. The highest BCUT2D eigenvalue weighted by Crippen LogP contribution is 2.32. The first-order chi connectivity index (χ1) is 7.07. The zero-order chi connectivity index (χ0) is 11.1. The van der Waals surface area contributed by atoms with Crippen molar-refractivity contribution < 1.29 is 20.1 Å². The lowest BCUT2D eigenvalue weighted by molar-refractivity contribution is -0.108. The number of aliphatic imine (C=N–C) groups is 1. The Bertz CT molecular complexity index is 269. The van der Waals surface area contributed by atoms with Crippen LogP contribution >= 0.6 is 0 Å². The van der Waals surface area contributed by atoms with E-state index >= 15 is 0 Å². The highest BCUT2D eigenvalue weighted by molar-refractivity contribution is 5.57. The van der Waals surface area contributed by atoms with Crippen LogP contribution in [0.25, 0.3) is 0 Å². The lowest BCUT2D eigenvalue weighted by Crippen LogP contribution is -2.52. The molecule has 0 aromatic carbocycles. The molecule has 0 aromatic rings. The van der Waals surface area contributed by atoms with E-state index in [1.807, 2.05) is 0 Å². The predicted octanol–water partition coefficient (Wildman–Crippen LogP) is -1.84. The van der Waals surface area contributed by atoms with Crippen LogP contribution in [0.4, 0.5) is 0 Å². The van der Waals surface area contributed by atoms with Crippen molar-refractivity contribution in [2.24, 2.45) is 4.99 Å². The molecule has 0 aromatic heterocycles. The number of rotatable bonds is 2. The Morgan fingerprint density at radius 1 is 1.67 bits per heavy atom. The standard InChI is InChI=1S/C9H16N2O4/c1-9(14)7(13)6(4-12)15-8(9)11-3-2-10-5-11/h5-8,12-14H,2-4H2,1H3. The molecule has 1 fully saturated rings. The first-order valence-electron chi connectivity index (χ1n) is 5.00. The number of aliphatic hydroxyl groups excluding tert-OH is 2. The molecule has 0 spiro atoms. The minimum absolute atomic E-state index is 0.307. The second-order valence-electron chi connectivity index (χ2n) is 4.14. The summed E-state index contributed by atoms with van der Waals surface area (Å²) in [7, 11) is 0. The molecule has 0 saturated carbocycles. The summed E-state index contributed by atoms with van der Waals surface area (Å²) in [6.45, 7) is 2.52. The molecule has 4 atom stereocenters. The van der Waals surface area contributed by atoms with Crippen LogP contribution in [0.2, 0.25) is 0 Å². The fraction of sp³-hybridized carbons (Fsp3) is 0.889. The SMILES string of the molecule is CC1(O)C(O)C(CO)OC1N1C=NCC1. The van der Waals surface area contributed by atoms with Crippen LogP contribution < -0.4 is 0 Å². The van der Waals surface area contributed by atoms with E-state index in [-0.39, 0.29) is 6.61 Å². The van der Waals surface area contributed by atoms with Gasteiger partial charge in [0.1, 0.15) is 17.8 Å². The fourth-order valence-corrected chi connectivity index (χ4v) is 2.03. The van der Waals surface area contributed by atoms with E-state index < -0.39 is 24.0 Å². The lowest BCUT2D eigenvalue weighted by Gasteiger charge is -2.32. The minimum Gasteiger partial charge on any atom is -0.394 e. The van der Waals surface area contributed by atoms with E-state index in [1.54, 1.807) is 11.2 Å². The molecule has 2 aliphatic rings. The summed E-state index contributed by atoms with van der Waals surface area (Å²) in [6.07, 6.45) is -0.859. The summed E-state index contributed by atoms with van der Waals surface area (Å²) in [6, 6.07) is 0. The molecular weight excluding hydrogens is 200 g/mol. The second kappa shape index (κ2) is 3.71. The summed E-state index contributed by atoms with van der Waals surface area (Å²) in [5.74, 6) is 0. The van der Waals surface area contributed by atoms with E-state index in [9.17, 15) is 10.2 Å². The highest BCUT2D eigenvalue weighted by Gasteiger charge is 2.54. The van der Waals surface area contributed by atoms with Crippen LogP contribution in [-0.4, -0.2) is 70.3 Å². The normalized spacial score (nSPS) is 45.3. The Labute approximate surface area is 87.8 Å². The van der Waals surface area contributed by atoms with Crippen molar-refractivity contribution in [3.8, 4) is 0 Å². The molecule has 0 aliphatic carbocycles. The third-order valence-electron chi connectivity index (χ3n) is 2.95. The predicted molar refractivity (Wildman–Crippen MR) is 52.4 cm³/mol. The average Bonchev–Trinajstić information content (AvgIpc) is 2.76. The maximum absolute atomic E-state index is 10.1. The van der Waals surface area contributed by atoms with Gasteiger partial charge in [0.15, 0.2) is 6.23 Å². The third-order valence-corrected chi connectivity index (χ3v) is 2.95. The topological polar surface area (TPSA) is 85.5 Å². The Balaban J connectivity index is 2.15. The van der Waals surface area contributed by atoms with Crippen molar-refractivity contribution in [2.45, 2.75) is 31.0 Å². The summed E-state index contributed by atoms with van der Waals surface area (Å²) in [4.78, 5) is 5.75. The summed E-state index contributed by atoms with van der Waals surface area (Å²) >= 11 is 0. The first-order valence-corrected chi connectivity index (χ1v) is 5.00. The minimum atomic E-state index is -1.39. The van der Waals surface area contributed by atoms with Gasteiger partial charge in [-0.1, -0.05) is 0 Å². The zero-order valence-electron chi connectivity index (χ0n) is 8.58. The third kappa shape index (κ3) is 1.63. The molecule has 6 heteroatoms.